The van der Waals surface area contributed by atoms with E-state index in [2.05, 4.69) is 24.1 Å². The van der Waals surface area contributed by atoms with E-state index in [1.165, 1.54) is 0 Å². The van der Waals surface area contributed by atoms with E-state index in [1.54, 1.807) is 0 Å². The van der Waals surface area contributed by atoms with Gasteiger partial charge in [0, 0.05) is 26.1 Å². The van der Waals surface area contributed by atoms with Gasteiger partial charge in [-0.15, -0.1) is 0 Å². The number of carbonyl (C=O) groups excluding carboxylic acids is 2. The van der Waals surface area contributed by atoms with Gasteiger partial charge >= 0.3 is 0 Å². The maximum absolute atomic E-state index is 12.0. The van der Waals surface area contributed by atoms with Crippen LogP contribution in [0.4, 0.5) is 0 Å². The second-order valence-corrected chi connectivity index (χ2v) is 6.37. The first-order valence-corrected chi connectivity index (χ1v) is 7.60. The quantitative estimate of drug-likeness (QED) is 0.675. The summed E-state index contributed by atoms with van der Waals surface area (Å²) in [4.78, 5) is 27.8. The average molecular weight is 283 g/mol. The fourth-order valence-corrected chi connectivity index (χ4v) is 2.33. The SMILES string of the molecule is CC(C)CCN1CC(C(=O)NCCCN(C)C)CC1=O. The highest BCUT2D eigenvalue weighted by molar-refractivity contribution is 5.89. The second-order valence-electron chi connectivity index (χ2n) is 6.37. The van der Waals surface area contributed by atoms with Gasteiger partial charge in [0.05, 0.1) is 5.92 Å². The van der Waals surface area contributed by atoms with Crippen molar-refractivity contribution < 1.29 is 9.59 Å². The van der Waals surface area contributed by atoms with Crippen LogP contribution < -0.4 is 5.32 Å². The molecule has 2 amide bonds. The standard InChI is InChI=1S/C15H29N3O2/c1-12(2)6-9-18-11-13(10-14(18)19)15(20)16-7-5-8-17(3)4/h12-13H,5-11H2,1-4H3,(H,16,20). The molecule has 0 aromatic heterocycles. The Morgan fingerprint density at radius 1 is 1.45 bits per heavy atom. The monoisotopic (exact) mass is 283 g/mol. The molecule has 5 nitrogen and oxygen atoms in total. The minimum atomic E-state index is -0.158. The van der Waals surface area contributed by atoms with Gasteiger partial charge in [-0.25, -0.2) is 0 Å². The average Bonchev–Trinajstić information content (AvgIpc) is 2.73. The molecule has 0 radical (unpaired) electrons. The lowest BCUT2D eigenvalue weighted by Crippen LogP contribution is -2.34. The fraction of sp³-hybridized carbons (Fsp3) is 0.867. The van der Waals surface area contributed by atoms with Crippen LogP contribution in [-0.4, -0.2) is 61.9 Å². The summed E-state index contributed by atoms with van der Waals surface area (Å²) in [6.45, 7) is 7.31. The summed E-state index contributed by atoms with van der Waals surface area (Å²) >= 11 is 0. The number of nitrogens with one attached hydrogen (secondary N) is 1. The Kier molecular flexibility index (Phi) is 6.99. The molecule has 0 spiro atoms. The molecule has 1 N–H and O–H groups in total. The van der Waals surface area contributed by atoms with Crippen molar-refractivity contribution in [3.8, 4) is 0 Å². The maximum Gasteiger partial charge on any atom is 0.225 e. The van der Waals surface area contributed by atoms with Gasteiger partial charge in [0.25, 0.3) is 0 Å². The van der Waals surface area contributed by atoms with Crippen LogP contribution in [0.1, 0.15) is 33.1 Å². The summed E-state index contributed by atoms with van der Waals surface area (Å²) in [5.41, 5.74) is 0. The van der Waals surface area contributed by atoms with Gasteiger partial charge in [-0.1, -0.05) is 13.8 Å². The molecule has 0 saturated carbocycles. The first-order valence-electron chi connectivity index (χ1n) is 7.60. The van der Waals surface area contributed by atoms with Crippen molar-refractivity contribution in [1.82, 2.24) is 15.1 Å². The van der Waals surface area contributed by atoms with E-state index in [4.69, 9.17) is 0 Å². The molecule has 5 heteroatoms. The Bertz CT molecular complexity index is 329. The molecular weight excluding hydrogens is 254 g/mol. The molecule has 1 rings (SSSR count). The zero-order valence-electron chi connectivity index (χ0n) is 13.3. The molecule has 0 aliphatic carbocycles. The lowest BCUT2D eigenvalue weighted by Gasteiger charge is -2.17. The first-order chi connectivity index (χ1) is 9.40. The molecule has 1 atom stereocenters. The third-order valence-electron chi connectivity index (χ3n) is 3.64. The molecule has 116 valence electrons. The minimum Gasteiger partial charge on any atom is -0.356 e. The number of hydrogen-bond donors (Lipinski definition) is 1. The molecule has 1 saturated heterocycles. The van der Waals surface area contributed by atoms with Crippen molar-refractivity contribution in [1.29, 1.82) is 0 Å². The second kappa shape index (κ2) is 8.25. The number of hydrogen-bond acceptors (Lipinski definition) is 3. The van der Waals surface area contributed by atoms with Gasteiger partial charge in [-0.3, -0.25) is 9.59 Å². The third kappa shape index (κ3) is 5.90. The highest BCUT2D eigenvalue weighted by Gasteiger charge is 2.33. The molecule has 1 aliphatic rings. The van der Waals surface area contributed by atoms with Crippen molar-refractivity contribution in [2.24, 2.45) is 11.8 Å². The number of amides is 2. The summed E-state index contributed by atoms with van der Waals surface area (Å²) in [5.74, 6) is 0.582. The summed E-state index contributed by atoms with van der Waals surface area (Å²) < 4.78 is 0. The van der Waals surface area contributed by atoms with Gasteiger partial charge in [0.2, 0.25) is 11.8 Å². The van der Waals surface area contributed by atoms with Crippen molar-refractivity contribution in [2.45, 2.75) is 33.1 Å². The van der Waals surface area contributed by atoms with Gasteiger partial charge < -0.3 is 15.1 Å². The fourth-order valence-electron chi connectivity index (χ4n) is 2.33. The van der Waals surface area contributed by atoms with E-state index in [0.717, 1.165) is 25.9 Å². The minimum absolute atomic E-state index is 0.0316. The van der Waals surface area contributed by atoms with Crippen LogP contribution >= 0.6 is 0 Å². The Hall–Kier alpha value is -1.10. The number of rotatable bonds is 8. The number of nitrogens with zero attached hydrogens (tertiary/aromatic N) is 2. The van der Waals surface area contributed by atoms with Crippen LogP contribution in [0.25, 0.3) is 0 Å². The van der Waals surface area contributed by atoms with Gasteiger partial charge in [0.1, 0.15) is 0 Å². The van der Waals surface area contributed by atoms with E-state index < -0.39 is 0 Å². The van der Waals surface area contributed by atoms with Crippen LogP contribution in [0.2, 0.25) is 0 Å². The summed E-state index contributed by atoms with van der Waals surface area (Å²) in [7, 11) is 4.04. The smallest absolute Gasteiger partial charge is 0.225 e. The van der Waals surface area contributed by atoms with Crippen molar-refractivity contribution in [3.05, 3.63) is 0 Å². The van der Waals surface area contributed by atoms with Gasteiger partial charge in [-0.2, -0.15) is 0 Å². The predicted molar refractivity (Wildman–Crippen MR) is 80.3 cm³/mol. The Labute approximate surface area is 122 Å². The van der Waals surface area contributed by atoms with E-state index >= 15 is 0 Å². The maximum atomic E-state index is 12.0. The van der Waals surface area contributed by atoms with E-state index in [-0.39, 0.29) is 17.7 Å². The molecular formula is C15H29N3O2. The predicted octanol–water partition coefficient (Wildman–Crippen LogP) is 0.949. The topological polar surface area (TPSA) is 52.7 Å². The van der Waals surface area contributed by atoms with Gasteiger partial charge in [-0.05, 0) is 39.4 Å². The van der Waals surface area contributed by atoms with Crippen molar-refractivity contribution in [3.63, 3.8) is 0 Å². The molecule has 0 bridgehead atoms. The number of carbonyl (C=O) groups is 2. The molecule has 1 heterocycles. The molecule has 1 aliphatic heterocycles. The van der Waals surface area contributed by atoms with Crippen LogP contribution in [0.3, 0.4) is 0 Å². The number of likely N-dealkylation sites (tertiary alicyclic amines) is 1. The Morgan fingerprint density at radius 2 is 2.15 bits per heavy atom. The van der Waals surface area contributed by atoms with Crippen LogP contribution in [0.5, 0.6) is 0 Å². The van der Waals surface area contributed by atoms with Crippen molar-refractivity contribution >= 4 is 11.8 Å². The van der Waals surface area contributed by atoms with Crippen LogP contribution in [-0.2, 0) is 9.59 Å². The summed E-state index contributed by atoms with van der Waals surface area (Å²) in [6, 6.07) is 0. The summed E-state index contributed by atoms with van der Waals surface area (Å²) in [5, 5.41) is 2.94. The zero-order valence-corrected chi connectivity index (χ0v) is 13.3. The first kappa shape index (κ1) is 17.0. The van der Waals surface area contributed by atoms with E-state index in [9.17, 15) is 9.59 Å². The lowest BCUT2D eigenvalue weighted by atomic mass is 10.1. The van der Waals surface area contributed by atoms with Crippen LogP contribution in [0.15, 0.2) is 0 Å². The highest BCUT2D eigenvalue weighted by Crippen LogP contribution is 2.19. The Balaban J connectivity index is 2.27. The lowest BCUT2D eigenvalue weighted by molar-refractivity contribution is -0.129. The largest absolute Gasteiger partial charge is 0.356 e. The zero-order chi connectivity index (χ0) is 15.1. The van der Waals surface area contributed by atoms with Gasteiger partial charge in [0.15, 0.2) is 0 Å². The van der Waals surface area contributed by atoms with E-state index in [0.29, 0.717) is 25.4 Å². The van der Waals surface area contributed by atoms with Crippen LogP contribution in [0, 0.1) is 11.8 Å². The summed E-state index contributed by atoms with van der Waals surface area (Å²) in [6.07, 6.45) is 2.32. The highest BCUT2D eigenvalue weighted by atomic mass is 16.2. The third-order valence-corrected chi connectivity index (χ3v) is 3.64. The molecule has 0 aromatic carbocycles. The normalized spacial score (nSPS) is 19.2. The Morgan fingerprint density at radius 3 is 2.75 bits per heavy atom. The molecule has 1 fully saturated rings. The molecule has 0 aromatic rings. The van der Waals surface area contributed by atoms with E-state index in [1.807, 2.05) is 19.0 Å². The van der Waals surface area contributed by atoms with Crippen molar-refractivity contribution in [2.75, 3.05) is 40.3 Å². The molecule has 1 unspecified atom stereocenters. The molecule has 20 heavy (non-hydrogen) atoms.